The molecule has 1 aliphatic rings. The van der Waals surface area contributed by atoms with Crippen molar-refractivity contribution in [3.63, 3.8) is 0 Å². The summed E-state index contributed by atoms with van der Waals surface area (Å²) in [5.74, 6) is 0.773. The molecule has 0 amide bonds. The molecule has 1 saturated carbocycles. The highest BCUT2D eigenvalue weighted by Crippen LogP contribution is 2.27. The Balaban J connectivity index is 2.06. The lowest BCUT2D eigenvalue weighted by atomic mass is 9.82. The lowest BCUT2D eigenvalue weighted by molar-refractivity contribution is -0.131. The molecule has 15 heavy (non-hydrogen) atoms. The zero-order valence-electron chi connectivity index (χ0n) is 9.41. The van der Waals surface area contributed by atoms with Gasteiger partial charge < -0.3 is 10.4 Å². The van der Waals surface area contributed by atoms with Crippen molar-refractivity contribution in [3.8, 4) is 0 Å². The van der Waals surface area contributed by atoms with Crippen molar-refractivity contribution in [1.29, 1.82) is 0 Å². The van der Waals surface area contributed by atoms with Crippen molar-refractivity contribution in [1.82, 2.24) is 5.32 Å². The summed E-state index contributed by atoms with van der Waals surface area (Å²) in [5, 5.41) is 11.7. The smallest absolute Gasteiger partial charge is 0.328 e. The normalized spacial score (nSPS) is 27.0. The minimum atomic E-state index is -0.872. The van der Waals surface area contributed by atoms with Gasteiger partial charge in [-0.05, 0) is 31.2 Å². The van der Waals surface area contributed by atoms with Gasteiger partial charge >= 0.3 is 5.97 Å². The fraction of sp³-hybridized carbons (Fsp3) is 0.750. The summed E-state index contributed by atoms with van der Waals surface area (Å²) in [6.07, 6.45) is 8.20. The molecule has 0 radical (unpaired) electrons. The van der Waals surface area contributed by atoms with Crippen molar-refractivity contribution < 1.29 is 9.90 Å². The second-order valence-corrected chi connectivity index (χ2v) is 4.54. The molecule has 1 rings (SSSR count). The maximum atomic E-state index is 10.2. The molecular weight excluding hydrogens is 190 g/mol. The molecule has 2 atom stereocenters. The largest absolute Gasteiger partial charge is 0.478 e. The molecule has 2 N–H and O–H groups in total. The number of carbonyl (C=O) groups is 1. The van der Waals surface area contributed by atoms with Crippen LogP contribution in [0.25, 0.3) is 0 Å². The van der Waals surface area contributed by atoms with Gasteiger partial charge in [0, 0.05) is 12.6 Å². The van der Waals surface area contributed by atoms with Gasteiger partial charge in [0.15, 0.2) is 0 Å². The van der Waals surface area contributed by atoms with Gasteiger partial charge in [-0.15, -0.1) is 0 Å². The number of rotatable bonds is 5. The fourth-order valence-corrected chi connectivity index (χ4v) is 2.28. The number of aliphatic carboxylic acids is 1. The Hall–Kier alpha value is -0.830. The summed E-state index contributed by atoms with van der Waals surface area (Å²) in [6, 6.07) is 0. The zero-order valence-corrected chi connectivity index (χ0v) is 9.41. The van der Waals surface area contributed by atoms with E-state index in [1.165, 1.54) is 31.8 Å². The molecule has 0 aliphatic heterocycles. The maximum Gasteiger partial charge on any atom is 0.328 e. The van der Waals surface area contributed by atoms with Gasteiger partial charge in [0.05, 0.1) is 0 Å². The molecule has 0 saturated heterocycles. The molecule has 0 heterocycles. The first-order chi connectivity index (χ1) is 7.18. The average molecular weight is 211 g/mol. The highest BCUT2D eigenvalue weighted by molar-refractivity contribution is 5.79. The van der Waals surface area contributed by atoms with Crippen LogP contribution in [0.3, 0.4) is 0 Å². The third kappa shape index (κ3) is 5.57. The third-order valence-corrected chi connectivity index (χ3v) is 3.00. The van der Waals surface area contributed by atoms with Crippen LogP contribution in [-0.2, 0) is 4.79 Å². The maximum absolute atomic E-state index is 10.2. The zero-order chi connectivity index (χ0) is 11.1. The van der Waals surface area contributed by atoms with Gasteiger partial charge in [0.25, 0.3) is 0 Å². The van der Waals surface area contributed by atoms with E-state index in [9.17, 15) is 4.79 Å². The van der Waals surface area contributed by atoms with Crippen LogP contribution in [0.15, 0.2) is 12.2 Å². The second-order valence-electron chi connectivity index (χ2n) is 4.54. The Labute approximate surface area is 91.6 Å². The number of carboxylic acids is 1. The Kier molecular flexibility index (Phi) is 5.40. The second kappa shape index (κ2) is 6.62. The lowest BCUT2D eigenvalue weighted by Gasteiger charge is -2.26. The van der Waals surface area contributed by atoms with E-state index < -0.39 is 5.97 Å². The Morgan fingerprint density at radius 3 is 3.00 bits per heavy atom. The quantitative estimate of drug-likeness (QED) is 0.540. The summed E-state index contributed by atoms with van der Waals surface area (Å²) < 4.78 is 0. The van der Waals surface area contributed by atoms with E-state index in [1.54, 1.807) is 6.08 Å². The van der Waals surface area contributed by atoms with Gasteiger partial charge in [-0.2, -0.15) is 0 Å². The highest BCUT2D eigenvalue weighted by Gasteiger charge is 2.17. The fourth-order valence-electron chi connectivity index (χ4n) is 2.28. The summed E-state index contributed by atoms with van der Waals surface area (Å²) in [7, 11) is 0. The number of nitrogens with one attached hydrogen (secondary N) is 1. The van der Waals surface area contributed by atoms with E-state index >= 15 is 0 Å². The van der Waals surface area contributed by atoms with Gasteiger partial charge in [-0.1, -0.05) is 25.8 Å². The monoisotopic (exact) mass is 211 g/mol. The first-order valence-corrected chi connectivity index (χ1v) is 5.78. The van der Waals surface area contributed by atoms with Crippen LogP contribution in [0.2, 0.25) is 0 Å². The van der Waals surface area contributed by atoms with Crippen LogP contribution in [0.1, 0.15) is 32.6 Å². The molecule has 0 aromatic carbocycles. The lowest BCUT2D eigenvalue weighted by Crippen LogP contribution is -2.26. The molecular formula is C12H21NO2. The predicted molar refractivity (Wildman–Crippen MR) is 60.8 cm³/mol. The van der Waals surface area contributed by atoms with E-state index in [1.807, 2.05) is 0 Å². The van der Waals surface area contributed by atoms with Crippen LogP contribution >= 0.6 is 0 Å². The number of hydrogen-bond donors (Lipinski definition) is 2. The van der Waals surface area contributed by atoms with Crippen molar-refractivity contribution >= 4 is 5.97 Å². The van der Waals surface area contributed by atoms with E-state index in [0.29, 0.717) is 6.54 Å². The predicted octanol–water partition coefficient (Wildman–Crippen LogP) is 2.04. The molecule has 3 heteroatoms. The highest BCUT2D eigenvalue weighted by atomic mass is 16.4. The van der Waals surface area contributed by atoms with Crippen LogP contribution < -0.4 is 5.32 Å². The van der Waals surface area contributed by atoms with Crippen molar-refractivity contribution in [3.05, 3.63) is 12.2 Å². The summed E-state index contributed by atoms with van der Waals surface area (Å²) >= 11 is 0. The van der Waals surface area contributed by atoms with Crippen molar-refractivity contribution in [2.45, 2.75) is 32.6 Å². The average Bonchev–Trinajstić information content (AvgIpc) is 2.17. The van der Waals surface area contributed by atoms with Crippen molar-refractivity contribution in [2.24, 2.45) is 11.8 Å². The van der Waals surface area contributed by atoms with Gasteiger partial charge in [0.1, 0.15) is 0 Å². The first-order valence-electron chi connectivity index (χ1n) is 5.78. The minimum absolute atomic E-state index is 0.664. The molecule has 0 aromatic heterocycles. The molecule has 0 spiro atoms. The van der Waals surface area contributed by atoms with E-state index in [4.69, 9.17) is 5.11 Å². The standard InChI is InChI=1S/C12H21NO2/c1-10-4-2-5-11(8-10)9-13-7-3-6-12(14)15/h3,6,10-11,13H,2,4-5,7-9H2,1H3,(H,14,15)/b6-3+. The first kappa shape index (κ1) is 12.2. The molecule has 0 aromatic rings. The molecule has 0 bridgehead atoms. The SMILES string of the molecule is CC1CCCC(CNC/C=C/C(=O)O)C1. The number of hydrogen-bond acceptors (Lipinski definition) is 2. The molecule has 3 nitrogen and oxygen atoms in total. The van der Waals surface area contributed by atoms with Crippen LogP contribution in [0.4, 0.5) is 0 Å². The Morgan fingerprint density at radius 2 is 2.33 bits per heavy atom. The minimum Gasteiger partial charge on any atom is -0.478 e. The molecule has 1 aliphatic carbocycles. The molecule has 86 valence electrons. The van der Waals surface area contributed by atoms with Crippen molar-refractivity contribution in [2.75, 3.05) is 13.1 Å². The van der Waals surface area contributed by atoms with Gasteiger partial charge in [-0.3, -0.25) is 0 Å². The van der Waals surface area contributed by atoms with Gasteiger partial charge in [0.2, 0.25) is 0 Å². The van der Waals surface area contributed by atoms with Crippen LogP contribution in [0.5, 0.6) is 0 Å². The van der Waals surface area contributed by atoms with Crippen LogP contribution in [-0.4, -0.2) is 24.2 Å². The topological polar surface area (TPSA) is 49.3 Å². The van der Waals surface area contributed by atoms with E-state index in [-0.39, 0.29) is 0 Å². The van der Waals surface area contributed by atoms with E-state index in [0.717, 1.165) is 18.4 Å². The molecule has 1 fully saturated rings. The summed E-state index contributed by atoms with van der Waals surface area (Å²) in [4.78, 5) is 10.2. The van der Waals surface area contributed by atoms with Crippen LogP contribution in [0, 0.1) is 11.8 Å². The van der Waals surface area contributed by atoms with E-state index in [2.05, 4.69) is 12.2 Å². The third-order valence-electron chi connectivity index (χ3n) is 3.00. The summed E-state index contributed by atoms with van der Waals surface area (Å²) in [5.41, 5.74) is 0. The number of carboxylic acid groups (broad SMARTS) is 1. The molecule has 2 unspecified atom stereocenters. The Bertz CT molecular complexity index is 226. The van der Waals surface area contributed by atoms with Gasteiger partial charge in [-0.25, -0.2) is 4.79 Å². The summed E-state index contributed by atoms with van der Waals surface area (Å²) in [6.45, 7) is 4.00. The Morgan fingerprint density at radius 1 is 1.53 bits per heavy atom.